The van der Waals surface area contributed by atoms with Crippen LogP contribution in [0.1, 0.15) is 34.6 Å². The molecule has 5 nitrogen and oxygen atoms in total. The molecule has 0 unspecified atom stereocenters. The molecular formula is C32H27N3O2S. The van der Waals surface area contributed by atoms with Gasteiger partial charge in [0.05, 0.1) is 28.9 Å². The van der Waals surface area contributed by atoms with Crippen LogP contribution in [0.5, 0.6) is 5.75 Å². The zero-order chi connectivity index (χ0) is 26.6. The van der Waals surface area contributed by atoms with Crippen molar-refractivity contribution in [2.75, 3.05) is 11.9 Å². The van der Waals surface area contributed by atoms with Crippen molar-refractivity contribution in [1.29, 1.82) is 5.26 Å². The van der Waals surface area contributed by atoms with Gasteiger partial charge in [0.25, 0.3) is 5.91 Å². The van der Waals surface area contributed by atoms with E-state index in [2.05, 4.69) is 25.2 Å². The van der Waals surface area contributed by atoms with Gasteiger partial charge in [-0.15, -0.1) is 11.3 Å². The average molecular weight is 518 g/mol. The highest BCUT2D eigenvalue weighted by Crippen LogP contribution is 2.40. The Morgan fingerprint density at radius 3 is 2.50 bits per heavy atom. The molecule has 5 aromatic rings. The molecule has 0 spiro atoms. The Hall–Kier alpha value is -4.47. The molecule has 3 aromatic carbocycles. The van der Waals surface area contributed by atoms with E-state index in [4.69, 9.17) is 9.72 Å². The van der Waals surface area contributed by atoms with Gasteiger partial charge >= 0.3 is 0 Å². The fourth-order valence-electron chi connectivity index (χ4n) is 4.38. The van der Waals surface area contributed by atoms with E-state index in [0.29, 0.717) is 34.3 Å². The van der Waals surface area contributed by atoms with Crippen LogP contribution in [0.2, 0.25) is 0 Å². The number of amides is 1. The van der Waals surface area contributed by atoms with Crippen molar-refractivity contribution in [2.24, 2.45) is 5.92 Å². The largest absolute Gasteiger partial charge is 0.493 e. The molecule has 0 aliphatic rings. The molecule has 0 bridgehead atoms. The van der Waals surface area contributed by atoms with E-state index in [1.807, 2.05) is 91.9 Å². The summed E-state index contributed by atoms with van der Waals surface area (Å²) >= 11 is 1.41. The second-order valence-corrected chi connectivity index (χ2v) is 10.7. The third-order valence-corrected chi connectivity index (χ3v) is 7.18. The highest BCUT2D eigenvalue weighted by Gasteiger charge is 2.21. The predicted octanol–water partition coefficient (Wildman–Crippen LogP) is 8.10. The summed E-state index contributed by atoms with van der Waals surface area (Å²) in [5.41, 5.74) is 5.03. The fourth-order valence-corrected chi connectivity index (χ4v) is 5.40. The molecule has 0 fully saturated rings. The molecule has 2 aromatic heterocycles. The zero-order valence-electron chi connectivity index (χ0n) is 21.5. The molecule has 0 radical (unpaired) electrons. The Morgan fingerprint density at radius 2 is 1.74 bits per heavy atom. The molecule has 188 valence electrons. The van der Waals surface area contributed by atoms with Gasteiger partial charge in [0.1, 0.15) is 16.8 Å². The smallest absolute Gasteiger partial charge is 0.257 e. The molecule has 38 heavy (non-hydrogen) atoms. The van der Waals surface area contributed by atoms with E-state index in [-0.39, 0.29) is 5.91 Å². The minimum absolute atomic E-state index is 0.283. The van der Waals surface area contributed by atoms with E-state index in [9.17, 15) is 10.1 Å². The molecule has 0 atom stereocenters. The lowest BCUT2D eigenvalue weighted by Crippen LogP contribution is -2.13. The van der Waals surface area contributed by atoms with Crippen LogP contribution in [0.4, 0.5) is 5.00 Å². The van der Waals surface area contributed by atoms with Gasteiger partial charge < -0.3 is 10.1 Å². The monoisotopic (exact) mass is 517 g/mol. The average Bonchev–Trinajstić information content (AvgIpc) is 3.26. The summed E-state index contributed by atoms with van der Waals surface area (Å²) in [5, 5.41) is 14.3. The Kier molecular flexibility index (Phi) is 7.21. The molecular weight excluding hydrogens is 490 g/mol. The number of pyridine rings is 1. The van der Waals surface area contributed by atoms with Crippen LogP contribution in [0.15, 0.2) is 84.9 Å². The number of hydrogen-bond acceptors (Lipinski definition) is 5. The first-order valence-corrected chi connectivity index (χ1v) is 13.3. The van der Waals surface area contributed by atoms with Gasteiger partial charge in [-0.05, 0) is 42.7 Å². The number of benzene rings is 3. The predicted molar refractivity (Wildman–Crippen MR) is 155 cm³/mol. The number of rotatable bonds is 7. The van der Waals surface area contributed by atoms with Crippen molar-refractivity contribution in [2.45, 2.75) is 20.8 Å². The van der Waals surface area contributed by atoms with E-state index in [1.165, 1.54) is 11.3 Å². The van der Waals surface area contributed by atoms with Crippen LogP contribution in [0.3, 0.4) is 0 Å². The summed E-state index contributed by atoms with van der Waals surface area (Å²) in [7, 11) is 0. The summed E-state index contributed by atoms with van der Waals surface area (Å²) in [6.07, 6.45) is 0. The number of para-hydroxylation sites is 1. The second kappa shape index (κ2) is 10.9. The number of anilines is 1. The quantitative estimate of drug-likeness (QED) is 0.237. The number of nitriles is 1. The van der Waals surface area contributed by atoms with Gasteiger partial charge in [-0.2, -0.15) is 5.26 Å². The first-order valence-electron chi connectivity index (χ1n) is 12.5. The standard InChI is InChI=1S/C32H27N3O2S/c1-20(2)19-37-24-13-9-12-23(16-24)29-17-26(25-14-7-8-15-28(25)34-29)31(36)35-32-27(18-33)30(21(3)38-32)22-10-5-4-6-11-22/h4-17,20H,19H2,1-3H3,(H,35,36). The summed E-state index contributed by atoms with van der Waals surface area (Å²) in [6, 6.07) is 29.3. The Labute approximate surface area is 226 Å². The lowest BCUT2D eigenvalue weighted by atomic mass is 10.0. The van der Waals surface area contributed by atoms with Gasteiger partial charge in [-0.25, -0.2) is 4.98 Å². The van der Waals surface area contributed by atoms with Gasteiger partial charge in [-0.1, -0.05) is 74.5 Å². The lowest BCUT2D eigenvalue weighted by molar-refractivity contribution is 0.102. The normalized spacial score (nSPS) is 10.9. The number of nitrogens with zero attached hydrogens (tertiary/aromatic N) is 2. The topological polar surface area (TPSA) is 75.0 Å². The Balaban J connectivity index is 1.54. The first-order chi connectivity index (χ1) is 18.4. The third-order valence-electron chi connectivity index (χ3n) is 6.16. The van der Waals surface area contributed by atoms with E-state index < -0.39 is 0 Å². The van der Waals surface area contributed by atoms with Crippen molar-refractivity contribution < 1.29 is 9.53 Å². The summed E-state index contributed by atoms with van der Waals surface area (Å²) in [5.74, 6) is 0.891. The molecule has 5 rings (SSSR count). The van der Waals surface area contributed by atoms with E-state index in [1.54, 1.807) is 0 Å². The number of carbonyl (C=O) groups is 1. The lowest BCUT2D eigenvalue weighted by Gasteiger charge is -2.12. The van der Waals surface area contributed by atoms with Crippen LogP contribution in [-0.4, -0.2) is 17.5 Å². The molecule has 0 aliphatic carbocycles. The SMILES string of the molecule is Cc1sc(NC(=O)c2cc(-c3cccc(OCC(C)C)c3)nc3ccccc23)c(C#N)c1-c1ccccc1. The van der Waals surface area contributed by atoms with Crippen molar-refractivity contribution in [3.63, 3.8) is 0 Å². The van der Waals surface area contributed by atoms with Crippen LogP contribution in [0.25, 0.3) is 33.3 Å². The molecule has 0 saturated carbocycles. The van der Waals surface area contributed by atoms with Gasteiger partial charge in [-0.3, -0.25) is 4.79 Å². The molecule has 2 heterocycles. The molecule has 1 N–H and O–H groups in total. The van der Waals surface area contributed by atoms with Gasteiger partial charge in [0.2, 0.25) is 0 Å². The number of aromatic nitrogens is 1. The minimum Gasteiger partial charge on any atom is -0.493 e. The van der Waals surface area contributed by atoms with Crippen LogP contribution in [-0.2, 0) is 0 Å². The number of ether oxygens (including phenoxy) is 1. The maximum absolute atomic E-state index is 13.7. The Bertz CT molecular complexity index is 1670. The van der Waals surface area contributed by atoms with E-state index >= 15 is 0 Å². The maximum Gasteiger partial charge on any atom is 0.257 e. The number of nitrogens with one attached hydrogen (secondary N) is 1. The number of hydrogen-bond donors (Lipinski definition) is 1. The second-order valence-electron chi connectivity index (χ2n) is 9.47. The number of fused-ring (bicyclic) bond motifs is 1. The molecule has 0 saturated heterocycles. The number of aryl methyl sites for hydroxylation is 1. The van der Waals surface area contributed by atoms with Crippen LogP contribution < -0.4 is 10.1 Å². The maximum atomic E-state index is 13.7. The molecule has 6 heteroatoms. The van der Waals surface area contributed by atoms with Crippen molar-refractivity contribution in [1.82, 2.24) is 4.98 Å². The Morgan fingerprint density at radius 1 is 1.00 bits per heavy atom. The highest BCUT2D eigenvalue weighted by atomic mass is 32.1. The minimum atomic E-state index is -0.283. The zero-order valence-corrected chi connectivity index (χ0v) is 22.3. The first kappa shape index (κ1) is 25.2. The molecule has 0 aliphatic heterocycles. The summed E-state index contributed by atoms with van der Waals surface area (Å²) < 4.78 is 5.91. The molecule has 1 amide bonds. The van der Waals surface area contributed by atoms with Crippen LogP contribution >= 0.6 is 11.3 Å². The van der Waals surface area contributed by atoms with Gasteiger partial charge in [0, 0.05) is 21.4 Å². The van der Waals surface area contributed by atoms with Crippen molar-refractivity contribution >= 4 is 33.1 Å². The third kappa shape index (κ3) is 5.15. The van der Waals surface area contributed by atoms with Crippen molar-refractivity contribution in [3.8, 4) is 34.2 Å². The summed E-state index contributed by atoms with van der Waals surface area (Å²) in [4.78, 5) is 19.5. The number of thiophene rings is 1. The van der Waals surface area contributed by atoms with Gasteiger partial charge in [0.15, 0.2) is 0 Å². The van der Waals surface area contributed by atoms with Crippen LogP contribution in [0, 0.1) is 24.2 Å². The fraction of sp³-hybridized carbons (Fsp3) is 0.156. The summed E-state index contributed by atoms with van der Waals surface area (Å²) in [6.45, 7) is 6.80. The van der Waals surface area contributed by atoms with Crippen molar-refractivity contribution in [3.05, 3.63) is 101 Å². The highest BCUT2D eigenvalue weighted by molar-refractivity contribution is 7.17. The number of carbonyl (C=O) groups excluding carboxylic acids is 1. The van der Waals surface area contributed by atoms with E-state index in [0.717, 1.165) is 38.2 Å².